The molecular formula is C23H24N4O4S. The van der Waals surface area contributed by atoms with Gasteiger partial charge in [0.15, 0.2) is 11.4 Å². The van der Waals surface area contributed by atoms with E-state index >= 15 is 0 Å². The van der Waals surface area contributed by atoms with Crippen molar-refractivity contribution in [3.05, 3.63) is 70.4 Å². The predicted molar refractivity (Wildman–Crippen MR) is 121 cm³/mol. The lowest BCUT2D eigenvalue weighted by Crippen LogP contribution is -2.58. The highest BCUT2D eigenvalue weighted by Crippen LogP contribution is 2.49. The van der Waals surface area contributed by atoms with E-state index in [4.69, 9.17) is 4.74 Å². The molecule has 9 heteroatoms. The van der Waals surface area contributed by atoms with Crippen LogP contribution < -0.4 is 10.2 Å². The first-order valence-corrected chi connectivity index (χ1v) is 11.1. The highest BCUT2D eigenvalue weighted by molar-refractivity contribution is 7.08. The topological polar surface area (TPSA) is 93.5 Å². The number of ether oxygens (including phenoxy) is 1. The monoisotopic (exact) mass is 452 g/mol. The molecule has 4 rings (SSSR count). The van der Waals surface area contributed by atoms with E-state index in [2.05, 4.69) is 10.3 Å². The average molecular weight is 453 g/mol. The number of fused-ring (bicyclic) bond motifs is 1. The van der Waals surface area contributed by atoms with Crippen LogP contribution in [0.4, 0.5) is 10.5 Å². The molecule has 166 valence electrons. The molecule has 1 aromatic carbocycles. The van der Waals surface area contributed by atoms with Crippen molar-refractivity contribution in [1.82, 2.24) is 14.9 Å². The van der Waals surface area contributed by atoms with Gasteiger partial charge >= 0.3 is 6.09 Å². The Morgan fingerprint density at radius 1 is 1.22 bits per heavy atom. The summed E-state index contributed by atoms with van der Waals surface area (Å²) in [6.45, 7) is 3.90. The van der Waals surface area contributed by atoms with E-state index in [-0.39, 0.29) is 17.6 Å². The Hall–Kier alpha value is -3.46. The van der Waals surface area contributed by atoms with Crippen LogP contribution in [0.25, 0.3) is 0 Å². The Labute approximate surface area is 189 Å². The molecule has 0 saturated carbocycles. The minimum atomic E-state index is -1.69. The number of alkyl carbamates (subject to hydrolysis) is 1. The van der Waals surface area contributed by atoms with Crippen LogP contribution in [-0.4, -0.2) is 41.5 Å². The summed E-state index contributed by atoms with van der Waals surface area (Å²) in [6.07, 6.45) is 2.50. The number of benzene rings is 1. The van der Waals surface area contributed by atoms with Crippen molar-refractivity contribution in [2.75, 3.05) is 19.1 Å². The number of nitrogens with one attached hydrogen (secondary N) is 1. The first-order valence-electron chi connectivity index (χ1n) is 10.2. The number of nitrogens with zero attached hydrogens (tertiary/aromatic N) is 3. The van der Waals surface area contributed by atoms with Crippen molar-refractivity contribution in [3.63, 3.8) is 0 Å². The number of likely N-dealkylation sites (N-methyl/N-ethyl adjacent to an activating group) is 1. The highest BCUT2D eigenvalue weighted by atomic mass is 32.1. The number of imidazole rings is 1. The molecular weight excluding hydrogens is 428 g/mol. The molecule has 3 aromatic rings. The van der Waals surface area contributed by atoms with Gasteiger partial charge in [-0.15, -0.1) is 0 Å². The van der Waals surface area contributed by atoms with Crippen molar-refractivity contribution in [1.29, 1.82) is 0 Å². The smallest absolute Gasteiger partial charge is 0.408 e. The number of aromatic nitrogens is 2. The SMILES string of the molecule is COC(=O)N[C@@]1([C@H](C(=O)c2nccn2C(C)C)c2ccsc2)C(=O)N(C)c2ccccc21. The van der Waals surface area contributed by atoms with E-state index in [1.807, 2.05) is 30.7 Å². The number of ketones is 1. The zero-order valence-corrected chi connectivity index (χ0v) is 19.1. The maximum Gasteiger partial charge on any atom is 0.408 e. The van der Waals surface area contributed by atoms with Crippen molar-refractivity contribution in [2.45, 2.75) is 31.3 Å². The molecule has 3 heterocycles. The number of Topliss-reactive ketones (excluding diaryl/α,β-unsaturated/α-hetero) is 1. The standard InChI is InChI=1S/C23H24N4O4S/c1-14(2)27-11-10-24-20(27)19(28)18(15-9-12-32-13-15)23(25-22(30)31-4)16-7-5-6-8-17(16)26(3)21(23)29/h5-14,18H,1-4H3,(H,25,30)/t18-,23-/m0/s1. The van der Waals surface area contributed by atoms with Gasteiger partial charge in [-0.3, -0.25) is 9.59 Å². The van der Waals surface area contributed by atoms with Gasteiger partial charge in [-0.1, -0.05) is 18.2 Å². The number of hydrogen-bond donors (Lipinski definition) is 1. The average Bonchev–Trinajstić information content (AvgIpc) is 3.52. The number of thiophene rings is 1. The predicted octanol–water partition coefficient (Wildman–Crippen LogP) is 3.72. The summed E-state index contributed by atoms with van der Waals surface area (Å²) < 4.78 is 6.65. The lowest BCUT2D eigenvalue weighted by atomic mass is 9.73. The number of anilines is 1. The number of methoxy groups -OCH3 is 1. The van der Waals surface area contributed by atoms with E-state index in [1.165, 1.54) is 23.3 Å². The fraction of sp³-hybridized carbons (Fsp3) is 0.304. The number of para-hydroxylation sites is 1. The van der Waals surface area contributed by atoms with Gasteiger partial charge < -0.3 is 19.5 Å². The van der Waals surface area contributed by atoms with Crippen LogP contribution >= 0.6 is 11.3 Å². The molecule has 0 saturated heterocycles. The summed E-state index contributed by atoms with van der Waals surface area (Å²) in [5.74, 6) is -1.61. The van der Waals surface area contributed by atoms with Crippen LogP contribution in [-0.2, 0) is 15.1 Å². The van der Waals surface area contributed by atoms with E-state index in [9.17, 15) is 14.4 Å². The van der Waals surface area contributed by atoms with Gasteiger partial charge in [-0.2, -0.15) is 11.3 Å². The van der Waals surface area contributed by atoms with E-state index in [0.29, 0.717) is 16.8 Å². The molecule has 32 heavy (non-hydrogen) atoms. The van der Waals surface area contributed by atoms with E-state index in [0.717, 1.165) is 0 Å². The molecule has 0 spiro atoms. The van der Waals surface area contributed by atoms with Gasteiger partial charge in [0.1, 0.15) is 0 Å². The molecule has 0 unspecified atom stereocenters. The third kappa shape index (κ3) is 3.20. The normalized spacial score (nSPS) is 18.5. The molecule has 0 fully saturated rings. The number of carbonyl (C=O) groups is 3. The second-order valence-corrected chi connectivity index (χ2v) is 8.69. The van der Waals surface area contributed by atoms with Gasteiger partial charge in [-0.25, -0.2) is 9.78 Å². The van der Waals surface area contributed by atoms with Crippen molar-refractivity contribution in [3.8, 4) is 0 Å². The first-order chi connectivity index (χ1) is 15.3. The quantitative estimate of drug-likeness (QED) is 0.576. The van der Waals surface area contributed by atoms with Crippen LogP contribution in [0.5, 0.6) is 0 Å². The summed E-state index contributed by atoms with van der Waals surface area (Å²) in [6, 6.07) is 8.92. The molecule has 8 nitrogen and oxygen atoms in total. The maximum atomic E-state index is 14.1. The maximum absolute atomic E-state index is 14.1. The van der Waals surface area contributed by atoms with Crippen molar-refractivity contribution >= 4 is 34.8 Å². The van der Waals surface area contributed by atoms with Crippen LogP contribution in [0.15, 0.2) is 53.5 Å². The summed E-state index contributed by atoms with van der Waals surface area (Å²) in [5, 5.41) is 6.41. The number of rotatable bonds is 6. The fourth-order valence-electron chi connectivity index (χ4n) is 4.36. The third-order valence-corrected chi connectivity index (χ3v) is 6.54. The van der Waals surface area contributed by atoms with Crippen LogP contribution in [0.2, 0.25) is 0 Å². The molecule has 1 aliphatic heterocycles. The molecule has 2 atom stereocenters. The summed E-state index contributed by atoms with van der Waals surface area (Å²) in [7, 11) is 2.86. The highest BCUT2D eigenvalue weighted by Gasteiger charge is 2.59. The number of carbonyl (C=O) groups excluding carboxylic acids is 3. The van der Waals surface area contributed by atoms with E-state index in [1.54, 1.807) is 48.3 Å². The van der Waals surface area contributed by atoms with Gasteiger partial charge in [0, 0.05) is 36.7 Å². The van der Waals surface area contributed by atoms with E-state index < -0.39 is 23.5 Å². The number of hydrogen-bond acceptors (Lipinski definition) is 6. The molecule has 2 amide bonds. The lowest BCUT2D eigenvalue weighted by molar-refractivity contribution is -0.124. The second-order valence-electron chi connectivity index (χ2n) is 7.91. The number of amides is 2. The van der Waals surface area contributed by atoms with Crippen LogP contribution in [0, 0.1) is 0 Å². The van der Waals surface area contributed by atoms with Gasteiger partial charge in [0.05, 0.1) is 13.0 Å². The Balaban J connectivity index is 2.00. The fourth-order valence-corrected chi connectivity index (χ4v) is 5.05. The van der Waals surface area contributed by atoms with Gasteiger partial charge in [0.25, 0.3) is 5.91 Å². The van der Waals surface area contributed by atoms with Gasteiger partial charge in [-0.05, 0) is 42.3 Å². The zero-order valence-electron chi connectivity index (χ0n) is 18.2. The summed E-state index contributed by atoms with van der Waals surface area (Å²) in [4.78, 5) is 46.3. The van der Waals surface area contributed by atoms with Crippen molar-refractivity contribution < 1.29 is 19.1 Å². The Morgan fingerprint density at radius 2 is 1.97 bits per heavy atom. The Kier molecular flexibility index (Phi) is 5.60. The zero-order chi connectivity index (χ0) is 23.0. The molecule has 1 N–H and O–H groups in total. The van der Waals surface area contributed by atoms with Crippen LogP contribution in [0.3, 0.4) is 0 Å². The molecule has 0 bridgehead atoms. The Bertz CT molecular complexity index is 1170. The molecule has 1 aliphatic rings. The minimum Gasteiger partial charge on any atom is -0.453 e. The molecule has 0 radical (unpaired) electrons. The summed E-state index contributed by atoms with van der Waals surface area (Å²) >= 11 is 1.41. The Morgan fingerprint density at radius 3 is 2.62 bits per heavy atom. The van der Waals surface area contributed by atoms with Gasteiger partial charge in [0.2, 0.25) is 5.78 Å². The third-order valence-electron chi connectivity index (χ3n) is 5.83. The molecule has 0 aliphatic carbocycles. The second kappa shape index (κ2) is 8.23. The lowest BCUT2D eigenvalue weighted by Gasteiger charge is -2.35. The molecule has 2 aromatic heterocycles. The summed E-state index contributed by atoms with van der Waals surface area (Å²) in [5.41, 5.74) is 0.0806. The minimum absolute atomic E-state index is 0.0154. The van der Waals surface area contributed by atoms with Crippen LogP contribution in [0.1, 0.15) is 47.6 Å². The first kappa shape index (κ1) is 21.8. The largest absolute Gasteiger partial charge is 0.453 e. The van der Waals surface area contributed by atoms with Crippen molar-refractivity contribution in [2.24, 2.45) is 0 Å².